The Morgan fingerprint density at radius 3 is 2.50 bits per heavy atom. The van der Waals surface area contributed by atoms with Crippen molar-refractivity contribution in [1.29, 1.82) is 0 Å². The molecule has 0 aliphatic heterocycles. The van der Waals surface area contributed by atoms with E-state index in [0.29, 0.717) is 16.1 Å². The van der Waals surface area contributed by atoms with Crippen molar-refractivity contribution in [3.8, 4) is 0 Å². The third kappa shape index (κ3) is 2.42. The summed E-state index contributed by atoms with van der Waals surface area (Å²) in [5.74, 6) is -1.32. The quantitative estimate of drug-likeness (QED) is 0.725. The van der Waals surface area contributed by atoms with E-state index >= 15 is 0 Å². The lowest BCUT2D eigenvalue weighted by Crippen LogP contribution is -1.94. The van der Waals surface area contributed by atoms with E-state index in [2.05, 4.69) is 10.3 Å². The van der Waals surface area contributed by atoms with E-state index in [1.54, 1.807) is 30.3 Å². The van der Waals surface area contributed by atoms with Crippen LogP contribution in [0.15, 0.2) is 48.7 Å². The van der Waals surface area contributed by atoms with E-state index in [9.17, 15) is 8.78 Å². The molecule has 0 aliphatic carbocycles. The summed E-state index contributed by atoms with van der Waals surface area (Å²) in [4.78, 5) is 3.94. The van der Waals surface area contributed by atoms with Gasteiger partial charge in [-0.15, -0.1) is 0 Å². The summed E-state index contributed by atoms with van der Waals surface area (Å²) in [6.45, 7) is 0. The van der Waals surface area contributed by atoms with Crippen LogP contribution in [0.2, 0.25) is 5.02 Å². The molecule has 2 aromatic carbocycles. The van der Waals surface area contributed by atoms with Crippen molar-refractivity contribution in [3.63, 3.8) is 0 Å². The minimum atomic E-state index is -0.681. The Bertz CT molecular complexity index is 773. The van der Waals surface area contributed by atoms with Gasteiger partial charge >= 0.3 is 0 Å². The Morgan fingerprint density at radius 1 is 1.00 bits per heavy atom. The van der Waals surface area contributed by atoms with Crippen LogP contribution < -0.4 is 5.32 Å². The predicted molar refractivity (Wildman–Crippen MR) is 76.4 cm³/mol. The van der Waals surface area contributed by atoms with Crippen molar-refractivity contribution >= 4 is 33.9 Å². The molecule has 0 spiro atoms. The lowest BCUT2D eigenvalue weighted by Gasteiger charge is -2.10. The third-order valence-corrected chi connectivity index (χ3v) is 3.14. The minimum Gasteiger partial charge on any atom is -0.355 e. The maximum atomic E-state index is 13.7. The van der Waals surface area contributed by atoms with Crippen molar-refractivity contribution in [2.75, 3.05) is 5.32 Å². The van der Waals surface area contributed by atoms with Crippen molar-refractivity contribution in [2.45, 2.75) is 0 Å². The second-order valence-corrected chi connectivity index (χ2v) is 4.71. The fraction of sp³-hybridized carbons (Fsp3) is 0. The van der Waals surface area contributed by atoms with Gasteiger partial charge in [0.1, 0.15) is 11.3 Å². The van der Waals surface area contributed by atoms with Gasteiger partial charge < -0.3 is 5.32 Å². The zero-order valence-electron chi connectivity index (χ0n) is 10.2. The van der Waals surface area contributed by atoms with Crippen LogP contribution in [-0.4, -0.2) is 4.98 Å². The van der Waals surface area contributed by atoms with Gasteiger partial charge in [-0.05, 0) is 36.4 Å². The van der Waals surface area contributed by atoms with Gasteiger partial charge in [0.15, 0.2) is 5.82 Å². The molecule has 20 heavy (non-hydrogen) atoms. The molecule has 3 rings (SSSR count). The van der Waals surface area contributed by atoms with Gasteiger partial charge in [0.2, 0.25) is 0 Å². The number of nitrogens with one attached hydrogen (secondary N) is 1. The molecule has 0 radical (unpaired) electrons. The van der Waals surface area contributed by atoms with Crippen LogP contribution in [0.3, 0.4) is 0 Å². The standard InChI is InChI=1S/C15H9ClF2N2/c16-9-1-3-11(4-2-9)20-14-5-6-19-15-12(14)7-10(17)8-13(15)18/h1-8H,(H,19,20). The lowest BCUT2D eigenvalue weighted by atomic mass is 10.1. The SMILES string of the molecule is Fc1cc(F)c2nccc(Nc3ccc(Cl)cc3)c2c1. The van der Waals surface area contributed by atoms with Crippen LogP contribution in [0, 0.1) is 11.6 Å². The van der Waals surface area contributed by atoms with Crippen LogP contribution in [0.4, 0.5) is 20.2 Å². The Labute approximate surface area is 119 Å². The first-order valence-electron chi connectivity index (χ1n) is 5.90. The van der Waals surface area contributed by atoms with E-state index < -0.39 is 11.6 Å². The number of fused-ring (bicyclic) bond motifs is 1. The summed E-state index contributed by atoms with van der Waals surface area (Å²) in [5.41, 5.74) is 1.48. The van der Waals surface area contributed by atoms with Gasteiger partial charge in [-0.25, -0.2) is 8.78 Å². The first-order valence-corrected chi connectivity index (χ1v) is 6.27. The molecule has 0 unspecified atom stereocenters. The highest BCUT2D eigenvalue weighted by Gasteiger charge is 2.09. The molecular weight excluding hydrogens is 282 g/mol. The Morgan fingerprint density at radius 2 is 1.75 bits per heavy atom. The number of aromatic nitrogens is 1. The zero-order valence-corrected chi connectivity index (χ0v) is 11.0. The summed E-state index contributed by atoms with van der Waals surface area (Å²) in [6.07, 6.45) is 1.47. The molecule has 0 atom stereocenters. The average Bonchev–Trinajstić information content (AvgIpc) is 2.42. The van der Waals surface area contributed by atoms with E-state index in [0.717, 1.165) is 11.8 Å². The van der Waals surface area contributed by atoms with Gasteiger partial charge in [0.05, 0.1) is 0 Å². The van der Waals surface area contributed by atoms with E-state index in [1.807, 2.05) is 0 Å². The molecule has 2 nitrogen and oxygen atoms in total. The molecule has 3 aromatic rings. The molecule has 0 amide bonds. The van der Waals surface area contributed by atoms with Crippen molar-refractivity contribution in [1.82, 2.24) is 4.98 Å². The third-order valence-electron chi connectivity index (χ3n) is 2.89. The number of pyridine rings is 1. The smallest absolute Gasteiger partial charge is 0.152 e. The fourth-order valence-corrected chi connectivity index (χ4v) is 2.10. The molecule has 0 aliphatic rings. The molecule has 5 heteroatoms. The van der Waals surface area contributed by atoms with Gasteiger partial charge in [-0.1, -0.05) is 11.6 Å². The van der Waals surface area contributed by atoms with Crippen molar-refractivity contribution in [3.05, 3.63) is 65.3 Å². The van der Waals surface area contributed by atoms with E-state index in [-0.39, 0.29) is 5.52 Å². The van der Waals surface area contributed by atoms with E-state index in [1.165, 1.54) is 12.3 Å². The number of nitrogens with zero attached hydrogens (tertiary/aromatic N) is 1. The first-order chi connectivity index (χ1) is 9.63. The largest absolute Gasteiger partial charge is 0.355 e. The molecule has 1 heterocycles. The van der Waals surface area contributed by atoms with Gasteiger partial charge in [-0.3, -0.25) is 4.98 Å². The van der Waals surface area contributed by atoms with Crippen molar-refractivity contribution < 1.29 is 8.78 Å². The number of hydrogen-bond acceptors (Lipinski definition) is 2. The first kappa shape index (κ1) is 12.8. The highest BCUT2D eigenvalue weighted by molar-refractivity contribution is 6.30. The molecule has 100 valence electrons. The minimum absolute atomic E-state index is 0.130. The maximum absolute atomic E-state index is 13.7. The highest BCUT2D eigenvalue weighted by Crippen LogP contribution is 2.27. The molecule has 0 saturated carbocycles. The predicted octanol–water partition coefficient (Wildman–Crippen LogP) is 4.91. The topological polar surface area (TPSA) is 24.9 Å². The van der Waals surface area contributed by atoms with Gasteiger partial charge in [-0.2, -0.15) is 0 Å². The fourth-order valence-electron chi connectivity index (χ4n) is 1.98. The molecule has 1 N–H and O–H groups in total. The number of rotatable bonds is 2. The van der Waals surface area contributed by atoms with E-state index in [4.69, 9.17) is 11.6 Å². The van der Waals surface area contributed by atoms with Gasteiger partial charge in [0.25, 0.3) is 0 Å². The highest BCUT2D eigenvalue weighted by atomic mass is 35.5. The normalized spacial score (nSPS) is 10.8. The zero-order chi connectivity index (χ0) is 14.1. The Kier molecular flexibility index (Phi) is 3.24. The second-order valence-electron chi connectivity index (χ2n) is 4.27. The number of hydrogen-bond donors (Lipinski definition) is 1. The summed E-state index contributed by atoms with van der Waals surface area (Å²) in [7, 11) is 0. The molecule has 1 aromatic heterocycles. The molecule has 0 bridgehead atoms. The summed E-state index contributed by atoms with van der Waals surface area (Å²) < 4.78 is 27.0. The second kappa shape index (κ2) is 5.06. The summed E-state index contributed by atoms with van der Waals surface area (Å²) in [5, 5.41) is 4.10. The summed E-state index contributed by atoms with van der Waals surface area (Å²) >= 11 is 5.81. The number of benzene rings is 2. The van der Waals surface area contributed by atoms with Crippen LogP contribution in [0.1, 0.15) is 0 Å². The maximum Gasteiger partial charge on any atom is 0.152 e. The molecule has 0 fully saturated rings. The van der Waals surface area contributed by atoms with Crippen molar-refractivity contribution in [2.24, 2.45) is 0 Å². The number of anilines is 2. The monoisotopic (exact) mass is 290 g/mol. The van der Waals surface area contributed by atoms with Gasteiger partial charge in [0, 0.05) is 34.0 Å². The van der Waals surface area contributed by atoms with Crippen LogP contribution in [0.5, 0.6) is 0 Å². The molecule has 0 saturated heterocycles. The Hall–Kier alpha value is -2.20. The molecular formula is C15H9ClF2N2. The summed E-state index contributed by atoms with van der Waals surface area (Å²) in [6, 6.07) is 10.8. The lowest BCUT2D eigenvalue weighted by molar-refractivity contribution is 0.590. The van der Waals surface area contributed by atoms with Crippen LogP contribution in [0.25, 0.3) is 10.9 Å². The van der Waals surface area contributed by atoms with Crippen LogP contribution >= 0.6 is 11.6 Å². The average molecular weight is 291 g/mol. The Balaban J connectivity index is 2.09. The number of halogens is 3. The van der Waals surface area contributed by atoms with Crippen LogP contribution in [-0.2, 0) is 0 Å².